The van der Waals surface area contributed by atoms with Crippen LogP contribution in [-0.2, 0) is 11.2 Å². The van der Waals surface area contributed by atoms with E-state index in [2.05, 4.69) is 31.9 Å². The number of ether oxygens (including phenoxy) is 1. The minimum Gasteiger partial charge on any atom is -0.381 e. The summed E-state index contributed by atoms with van der Waals surface area (Å²) in [5.41, 5.74) is 0.767. The van der Waals surface area contributed by atoms with Gasteiger partial charge < -0.3 is 4.74 Å². The fourth-order valence-corrected chi connectivity index (χ4v) is 2.79. The van der Waals surface area contributed by atoms with Crippen LogP contribution in [0.3, 0.4) is 0 Å². The molecule has 2 rings (SSSR count). The van der Waals surface area contributed by atoms with E-state index in [0.717, 1.165) is 29.5 Å². The standard InChI is InChI=1S/C12H13Br2FO/c13-10-2-1-8(12(15)6-10)5-9-7-16-4-3-11(9)14/h1-2,6,9,11H,3-5,7H2. The summed E-state index contributed by atoms with van der Waals surface area (Å²) < 4.78 is 19.9. The second-order valence-corrected chi connectivity index (χ2v) is 6.17. The van der Waals surface area contributed by atoms with E-state index in [4.69, 9.17) is 4.74 Å². The van der Waals surface area contributed by atoms with Crippen molar-refractivity contribution in [1.29, 1.82) is 0 Å². The molecule has 4 heteroatoms. The molecule has 2 atom stereocenters. The molecule has 1 fully saturated rings. The molecular formula is C12H13Br2FO. The Morgan fingerprint density at radius 3 is 2.94 bits per heavy atom. The molecule has 1 aromatic rings. The van der Waals surface area contributed by atoms with Crippen molar-refractivity contribution in [1.82, 2.24) is 0 Å². The molecule has 0 bridgehead atoms. The second kappa shape index (κ2) is 5.61. The average Bonchev–Trinajstić information content (AvgIpc) is 2.25. The summed E-state index contributed by atoms with van der Waals surface area (Å²) in [6, 6.07) is 5.24. The molecule has 1 aliphatic heterocycles. The lowest BCUT2D eigenvalue weighted by Gasteiger charge is -2.27. The van der Waals surface area contributed by atoms with Gasteiger partial charge in [-0.3, -0.25) is 0 Å². The molecule has 0 spiro atoms. The van der Waals surface area contributed by atoms with Gasteiger partial charge in [0.15, 0.2) is 0 Å². The Bertz CT molecular complexity index is 370. The lowest BCUT2D eigenvalue weighted by molar-refractivity contribution is 0.0603. The zero-order chi connectivity index (χ0) is 11.5. The van der Waals surface area contributed by atoms with Crippen LogP contribution in [-0.4, -0.2) is 18.0 Å². The van der Waals surface area contributed by atoms with Crippen LogP contribution in [0, 0.1) is 11.7 Å². The van der Waals surface area contributed by atoms with Gasteiger partial charge in [-0.15, -0.1) is 0 Å². The van der Waals surface area contributed by atoms with Gasteiger partial charge in [0.05, 0.1) is 6.61 Å². The highest BCUT2D eigenvalue weighted by Crippen LogP contribution is 2.27. The molecule has 0 aromatic heterocycles. The van der Waals surface area contributed by atoms with E-state index in [9.17, 15) is 4.39 Å². The first kappa shape index (κ1) is 12.5. The first-order chi connectivity index (χ1) is 7.66. The first-order valence-corrected chi connectivity index (χ1v) is 7.03. The van der Waals surface area contributed by atoms with Crippen molar-refractivity contribution in [3.05, 3.63) is 34.1 Å². The van der Waals surface area contributed by atoms with E-state index in [1.54, 1.807) is 0 Å². The van der Waals surface area contributed by atoms with Crippen molar-refractivity contribution in [2.24, 2.45) is 5.92 Å². The molecule has 2 unspecified atom stereocenters. The normalized spacial score (nSPS) is 25.7. The van der Waals surface area contributed by atoms with Crippen molar-refractivity contribution in [3.63, 3.8) is 0 Å². The summed E-state index contributed by atoms with van der Waals surface area (Å²) >= 11 is 6.90. The summed E-state index contributed by atoms with van der Waals surface area (Å²) in [4.78, 5) is 0.435. The van der Waals surface area contributed by atoms with Crippen molar-refractivity contribution < 1.29 is 9.13 Å². The van der Waals surface area contributed by atoms with Gasteiger partial charge in [-0.2, -0.15) is 0 Å². The van der Waals surface area contributed by atoms with Crippen LogP contribution in [0.4, 0.5) is 4.39 Å². The Labute approximate surface area is 112 Å². The van der Waals surface area contributed by atoms with E-state index in [1.807, 2.05) is 12.1 Å². The van der Waals surface area contributed by atoms with Gasteiger partial charge in [0.1, 0.15) is 5.82 Å². The summed E-state index contributed by atoms with van der Waals surface area (Å²) in [6.07, 6.45) is 1.73. The highest BCUT2D eigenvalue weighted by Gasteiger charge is 2.24. The maximum atomic E-state index is 13.6. The minimum atomic E-state index is -0.139. The van der Waals surface area contributed by atoms with E-state index in [0.29, 0.717) is 17.4 Å². The molecule has 88 valence electrons. The molecule has 16 heavy (non-hydrogen) atoms. The topological polar surface area (TPSA) is 9.23 Å². The zero-order valence-electron chi connectivity index (χ0n) is 8.76. The van der Waals surface area contributed by atoms with Crippen molar-refractivity contribution in [2.75, 3.05) is 13.2 Å². The third kappa shape index (κ3) is 3.05. The Kier molecular flexibility index (Phi) is 4.39. The Hall–Kier alpha value is 0.0700. The zero-order valence-corrected chi connectivity index (χ0v) is 11.9. The van der Waals surface area contributed by atoms with Crippen LogP contribution in [0.1, 0.15) is 12.0 Å². The molecular weight excluding hydrogens is 339 g/mol. The van der Waals surface area contributed by atoms with Crippen molar-refractivity contribution in [3.8, 4) is 0 Å². The first-order valence-electron chi connectivity index (χ1n) is 5.32. The summed E-state index contributed by atoms with van der Waals surface area (Å²) in [6.45, 7) is 1.51. The molecule has 0 saturated carbocycles. The van der Waals surface area contributed by atoms with Crippen molar-refractivity contribution >= 4 is 31.9 Å². The van der Waals surface area contributed by atoms with Gasteiger partial charge in [-0.1, -0.05) is 37.9 Å². The third-order valence-electron chi connectivity index (χ3n) is 2.88. The van der Waals surface area contributed by atoms with Crippen LogP contribution in [0.15, 0.2) is 22.7 Å². The van der Waals surface area contributed by atoms with E-state index >= 15 is 0 Å². The maximum Gasteiger partial charge on any atom is 0.127 e. The van der Waals surface area contributed by atoms with Crippen LogP contribution in [0.2, 0.25) is 0 Å². The molecule has 1 aliphatic rings. The fourth-order valence-electron chi connectivity index (χ4n) is 1.93. The molecule has 1 heterocycles. The van der Waals surface area contributed by atoms with Crippen LogP contribution < -0.4 is 0 Å². The highest BCUT2D eigenvalue weighted by molar-refractivity contribution is 9.10. The van der Waals surface area contributed by atoms with Gasteiger partial charge in [0.2, 0.25) is 0 Å². The van der Waals surface area contributed by atoms with Crippen LogP contribution in [0.25, 0.3) is 0 Å². The van der Waals surface area contributed by atoms with E-state index in [-0.39, 0.29) is 5.82 Å². The number of alkyl halides is 1. The number of rotatable bonds is 2. The number of benzene rings is 1. The van der Waals surface area contributed by atoms with Crippen LogP contribution in [0.5, 0.6) is 0 Å². The quantitative estimate of drug-likeness (QED) is 0.733. The molecule has 0 aliphatic carbocycles. The SMILES string of the molecule is Fc1cc(Br)ccc1CC1COCCC1Br. The van der Waals surface area contributed by atoms with Gasteiger partial charge >= 0.3 is 0 Å². The minimum absolute atomic E-state index is 0.139. The van der Waals surface area contributed by atoms with E-state index < -0.39 is 0 Å². The average molecular weight is 352 g/mol. The largest absolute Gasteiger partial charge is 0.381 e. The molecule has 1 aromatic carbocycles. The summed E-state index contributed by atoms with van der Waals surface area (Å²) in [5.74, 6) is 0.226. The van der Waals surface area contributed by atoms with Crippen LogP contribution >= 0.6 is 31.9 Å². The number of hydrogen-bond donors (Lipinski definition) is 0. The van der Waals surface area contributed by atoms with E-state index in [1.165, 1.54) is 6.07 Å². The molecule has 0 amide bonds. The van der Waals surface area contributed by atoms with Gasteiger partial charge in [-0.25, -0.2) is 4.39 Å². The monoisotopic (exact) mass is 350 g/mol. The molecule has 1 nitrogen and oxygen atoms in total. The summed E-state index contributed by atoms with van der Waals surface area (Å²) in [7, 11) is 0. The lowest BCUT2D eigenvalue weighted by Crippen LogP contribution is -2.29. The smallest absolute Gasteiger partial charge is 0.127 e. The van der Waals surface area contributed by atoms with Gasteiger partial charge in [0, 0.05) is 15.9 Å². The summed E-state index contributed by atoms with van der Waals surface area (Å²) in [5, 5.41) is 0. The second-order valence-electron chi connectivity index (χ2n) is 4.08. The molecule has 1 saturated heterocycles. The maximum absolute atomic E-state index is 13.6. The number of hydrogen-bond acceptors (Lipinski definition) is 1. The van der Waals surface area contributed by atoms with Crippen molar-refractivity contribution in [2.45, 2.75) is 17.7 Å². The Morgan fingerprint density at radius 2 is 2.25 bits per heavy atom. The lowest BCUT2D eigenvalue weighted by atomic mass is 9.94. The number of halogens is 3. The molecule has 0 radical (unpaired) electrons. The fraction of sp³-hybridized carbons (Fsp3) is 0.500. The highest BCUT2D eigenvalue weighted by atomic mass is 79.9. The predicted octanol–water partition coefficient (Wildman–Crippen LogP) is 3.93. The Morgan fingerprint density at radius 1 is 1.44 bits per heavy atom. The predicted molar refractivity (Wildman–Crippen MR) is 69.4 cm³/mol. The van der Waals surface area contributed by atoms with Gasteiger partial charge in [-0.05, 0) is 36.5 Å². The Balaban J connectivity index is 2.07. The third-order valence-corrected chi connectivity index (χ3v) is 4.58. The molecule has 0 N–H and O–H groups in total. The van der Waals surface area contributed by atoms with Gasteiger partial charge in [0.25, 0.3) is 0 Å².